The first-order valence-electron chi connectivity index (χ1n) is 9.81. The van der Waals surface area contributed by atoms with Crippen molar-refractivity contribution in [3.8, 4) is 0 Å². The zero-order valence-corrected chi connectivity index (χ0v) is 15.4. The van der Waals surface area contributed by atoms with Gasteiger partial charge in [-0.25, -0.2) is 0 Å². The number of hydrogen-bond donors (Lipinski definition) is 0. The van der Waals surface area contributed by atoms with Gasteiger partial charge in [0.1, 0.15) is 5.60 Å². The number of hydrogen-bond acceptors (Lipinski definition) is 4. The van der Waals surface area contributed by atoms with Crippen molar-refractivity contribution in [2.75, 3.05) is 26.3 Å². The molecule has 1 aromatic rings. The molecule has 3 heterocycles. The maximum Gasteiger partial charge on any atom is 0.226 e. The third kappa shape index (κ3) is 3.84. The third-order valence-electron chi connectivity index (χ3n) is 5.97. The molecule has 2 fully saturated rings. The second kappa shape index (κ2) is 7.89. The van der Waals surface area contributed by atoms with Gasteiger partial charge in [0.05, 0.1) is 26.3 Å². The number of amides is 1. The summed E-state index contributed by atoms with van der Waals surface area (Å²) in [7, 11) is 0. The number of ether oxygens (including phenoxy) is 2. The number of carbonyl (C=O) groups is 1. The summed E-state index contributed by atoms with van der Waals surface area (Å²) in [6.07, 6.45) is 12.2. The number of pyridine rings is 1. The van der Waals surface area contributed by atoms with Crippen LogP contribution in [0, 0.1) is 5.92 Å². The molecule has 3 aliphatic rings. The molecule has 1 amide bonds. The highest BCUT2D eigenvalue weighted by Crippen LogP contribution is 2.40. The third-order valence-corrected chi connectivity index (χ3v) is 5.97. The Balaban J connectivity index is 1.25. The Bertz CT molecular complexity index is 652. The average molecular weight is 356 g/mol. The molecule has 0 unspecified atom stereocenters. The summed E-state index contributed by atoms with van der Waals surface area (Å²) in [6, 6.07) is 3.95. The molecule has 2 aliphatic heterocycles. The molecule has 4 rings (SSSR count). The van der Waals surface area contributed by atoms with E-state index in [-0.39, 0.29) is 11.5 Å². The van der Waals surface area contributed by atoms with Gasteiger partial charge < -0.3 is 14.4 Å². The second-order valence-electron chi connectivity index (χ2n) is 7.80. The standard InChI is InChI=1S/C21H28N2O3/c24-20(12-17-4-2-1-3-5-17)23-15-21(16-23)19(8-11-26-21)14-25-13-18-6-9-22-10-7-18/h4,6-7,9-10,19H,1-3,5,8,11-16H2/t19-/m1/s1. The minimum absolute atomic E-state index is 0.172. The Morgan fingerprint density at radius 2 is 2.15 bits per heavy atom. The van der Waals surface area contributed by atoms with Crippen LogP contribution >= 0.6 is 0 Å². The van der Waals surface area contributed by atoms with Gasteiger partial charge in [-0.1, -0.05) is 11.6 Å². The van der Waals surface area contributed by atoms with Crippen LogP contribution in [0.3, 0.4) is 0 Å². The van der Waals surface area contributed by atoms with Crippen LogP contribution in [0.15, 0.2) is 36.2 Å². The molecule has 1 aromatic heterocycles. The van der Waals surface area contributed by atoms with Crippen LogP contribution in [-0.2, 0) is 20.9 Å². The van der Waals surface area contributed by atoms with Gasteiger partial charge in [-0.05, 0) is 49.8 Å². The smallest absolute Gasteiger partial charge is 0.226 e. The fourth-order valence-corrected chi connectivity index (χ4v) is 4.32. The first kappa shape index (κ1) is 17.7. The molecule has 0 N–H and O–H groups in total. The topological polar surface area (TPSA) is 51.7 Å². The Morgan fingerprint density at radius 3 is 2.92 bits per heavy atom. The predicted molar refractivity (Wildman–Crippen MR) is 98.4 cm³/mol. The van der Waals surface area contributed by atoms with E-state index in [9.17, 15) is 4.79 Å². The van der Waals surface area contributed by atoms with Crippen LogP contribution in [0.4, 0.5) is 0 Å². The summed E-state index contributed by atoms with van der Waals surface area (Å²) in [5.41, 5.74) is 2.29. The number of rotatable bonds is 6. The molecule has 1 spiro atoms. The molecule has 2 saturated heterocycles. The van der Waals surface area contributed by atoms with Crippen LogP contribution < -0.4 is 0 Å². The highest BCUT2D eigenvalue weighted by Gasteiger charge is 2.54. The molecule has 26 heavy (non-hydrogen) atoms. The minimum Gasteiger partial charge on any atom is -0.376 e. The molecule has 0 saturated carbocycles. The molecule has 5 heteroatoms. The molecule has 5 nitrogen and oxygen atoms in total. The first-order chi connectivity index (χ1) is 12.8. The lowest BCUT2D eigenvalue weighted by molar-refractivity contribution is -0.168. The maximum absolute atomic E-state index is 12.5. The van der Waals surface area contributed by atoms with Crippen molar-refractivity contribution in [2.24, 2.45) is 5.92 Å². The van der Waals surface area contributed by atoms with Crippen molar-refractivity contribution in [1.29, 1.82) is 0 Å². The van der Waals surface area contributed by atoms with Gasteiger partial charge in [0.25, 0.3) is 0 Å². The van der Waals surface area contributed by atoms with Crippen molar-refractivity contribution < 1.29 is 14.3 Å². The van der Waals surface area contributed by atoms with Crippen LogP contribution in [0.5, 0.6) is 0 Å². The van der Waals surface area contributed by atoms with Gasteiger partial charge in [-0.3, -0.25) is 9.78 Å². The number of nitrogens with zero attached hydrogens (tertiary/aromatic N) is 2. The molecule has 1 atom stereocenters. The van der Waals surface area contributed by atoms with E-state index in [1.54, 1.807) is 12.4 Å². The molecule has 1 aliphatic carbocycles. The molecule has 0 radical (unpaired) electrons. The monoisotopic (exact) mass is 356 g/mol. The molecular weight excluding hydrogens is 328 g/mol. The van der Waals surface area contributed by atoms with Crippen molar-refractivity contribution >= 4 is 5.91 Å². The highest BCUT2D eigenvalue weighted by molar-refractivity contribution is 5.80. The number of aromatic nitrogens is 1. The summed E-state index contributed by atoms with van der Waals surface area (Å²) < 4.78 is 12.0. The lowest BCUT2D eigenvalue weighted by atomic mass is 9.81. The maximum atomic E-state index is 12.5. The summed E-state index contributed by atoms with van der Waals surface area (Å²) in [6.45, 7) is 3.52. The van der Waals surface area contributed by atoms with Crippen LogP contribution in [0.25, 0.3) is 0 Å². The quantitative estimate of drug-likeness (QED) is 0.735. The lowest BCUT2D eigenvalue weighted by Crippen LogP contribution is -2.66. The van der Waals surface area contributed by atoms with Gasteiger partial charge in [0.15, 0.2) is 0 Å². The van der Waals surface area contributed by atoms with E-state index in [0.717, 1.165) is 44.5 Å². The van der Waals surface area contributed by atoms with E-state index in [2.05, 4.69) is 11.1 Å². The minimum atomic E-state index is -0.172. The van der Waals surface area contributed by atoms with Crippen molar-refractivity contribution in [2.45, 2.75) is 50.7 Å². The van der Waals surface area contributed by atoms with E-state index in [1.807, 2.05) is 17.0 Å². The van der Waals surface area contributed by atoms with Gasteiger partial charge in [-0.2, -0.15) is 0 Å². The zero-order valence-electron chi connectivity index (χ0n) is 15.4. The van der Waals surface area contributed by atoms with Crippen LogP contribution in [0.1, 0.15) is 44.1 Å². The number of likely N-dealkylation sites (tertiary alicyclic amines) is 1. The van der Waals surface area contributed by atoms with E-state index >= 15 is 0 Å². The second-order valence-corrected chi connectivity index (χ2v) is 7.80. The fraction of sp³-hybridized carbons (Fsp3) is 0.619. The van der Waals surface area contributed by atoms with E-state index < -0.39 is 0 Å². The van der Waals surface area contributed by atoms with E-state index in [0.29, 0.717) is 25.6 Å². The largest absolute Gasteiger partial charge is 0.376 e. The van der Waals surface area contributed by atoms with Crippen molar-refractivity contribution in [3.05, 3.63) is 41.7 Å². The SMILES string of the molecule is O=C(CC1=CCCCC1)N1CC2(C1)OCC[C@@H]2COCc1ccncc1. The number of carbonyl (C=O) groups excluding carboxylic acids is 1. The Labute approximate surface area is 155 Å². The summed E-state index contributed by atoms with van der Waals surface area (Å²) in [5.74, 6) is 0.637. The molecular formula is C21H28N2O3. The molecule has 140 valence electrons. The average Bonchev–Trinajstić information content (AvgIpc) is 3.06. The lowest BCUT2D eigenvalue weighted by Gasteiger charge is -2.50. The Hall–Kier alpha value is -1.72. The molecule has 0 aromatic carbocycles. The molecule has 0 bridgehead atoms. The summed E-state index contributed by atoms with van der Waals surface area (Å²) >= 11 is 0. The van der Waals surface area contributed by atoms with Gasteiger partial charge >= 0.3 is 0 Å². The van der Waals surface area contributed by atoms with E-state index in [1.165, 1.54) is 18.4 Å². The fourth-order valence-electron chi connectivity index (χ4n) is 4.32. The van der Waals surface area contributed by atoms with Crippen LogP contribution in [0.2, 0.25) is 0 Å². The normalized spacial score (nSPS) is 24.4. The first-order valence-corrected chi connectivity index (χ1v) is 9.81. The summed E-state index contributed by atoms with van der Waals surface area (Å²) in [5, 5.41) is 0. The van der Waals surface area contributed by atoms with Gasteiger partial charge in [0, 0.05) is 31.3 Å². The van der Waals surface area contributed by atoms with Gasteiger partial charge in [0.2, 0.25) is 5.91 Å². The Kier molecular flexibility index (Phi) is 5.36. The highest BCUT2D eigenvalue weighted by atomic mass is 16.5. The van der Waals surface area contributed by atoms with E-state index in [4.69, 9.17) is 9.47 Å². The summed E-state index contributed by atoms with van der Waals surface area (Å²) in [4.78, 5) is 18.5. The van der Waals surface area contributed by atoms with Crippen molar-refractivity contribution in [3.63, 3.8) is 0 Å². The zero-order chi connectivity index (χ0) is 17.8. The van der Waals surface area contributed by atoms with Gasteiger partial charge in [-0.15, -0.1) is 0 Å². The predicted octanol–water partition coefficient (Wildman–Crippen LogP) is 3.11. The Morgan fingerprint density at radius 1 is 1.31 bits per heavy atom. The van der Waals surface area contributed by atoms with Crippen LogP contribution in [-0.4, -0.2) is 47.7 Å². The van der Waals surface area contributed by atoms with Crippen molar-refractivity contribution in [1.82, 2.24) is 9.88 Å². The number of allylic oxidation sites excluding steroid dienone is 1.